The molecule has 8 heteroatoms. The summed E-state index contributed by atoms with van der Waals surface area (Å²) >= 11 is 0. The minimum Gasteiger partial charge on any atom is -0.465 e. The lowest BCUT2D eigenvalue weighted by Crippen LogP contribution is -2.20. The quantitative estimate of drug-likeness (QED) is 0.557. The Morgan fingerprint density at radius 3 is 2.78 bits per heavy atom. The number of carbonyl (C=O) groups is 2. The van der Waals surface area contributed by atoms with Crippen LogP contribution in [0.25, 0.3) is 10.9 Å². The fourth-order valence-corrected chi connectivity index (χ4v) is 2.28. The van der Waals surface area contributed by atoms with Gasteiger partial charge in [-0.1, -0.05) is 0 Å². The maximum Gasteiger partial charge on any atom is 0.338 e. The number of hydrogen-bond donors (Lipinski definition) is 4. The van der Waals surface area contributed by atoms with Crippen molar-refractivity contribution in [1.82, 2.24) is 15.2 Å². The van der Waals surface area contributed by atoms with Crippen LogP contribution in [0.4, 0.5) is 16.2 Å². The van der Waals surface area contributed by atoms with Crippen LogP contribution >= 0.6 is 0 Å². The van der Waals surface area contributed by atoms with Gasteiger partial charge in [0.1, 0.15) is 0 Å². The van der Waals surface area contributed by atoms with Crippen LogP contribution in [0.3, 0.4) is 0 Å². The largest absolute Gasteiger partial charge is 0.465 e. The van der Waals surface area contributed by atoms with Gasteiger partial charge in [-0.3, -0.25) is 5.10 Å². The Hall–Kier alpha value is -3.29. The molecule has 0 radical (unpaired) electrons. The molecule has 0 spiro atoms. The van der Waals surface area contributed by atoms with Crippen LogP contribution in [0.15, 0.2) is 30.6 Å². The number of urea groups is 1. The van der Waals surface area contributed by atoms with Crippen molar-refractivity contribution in [2.45, 2.75) is 6.92 Å². The minimum atomic E-state index is -0.468. The van der Waals surface area contributed by atoms with Gasteiger partial charge in [-0.2, -0.15) is 5.10 Å². The van der Waals surface area contributed by atoms with E-state index in [1.807, 2.05) is 0 Å². The van der Waals surface area contributed by atoms with Gasteiger partial charge in [0.2, 0.25) is 0 Å². The summed E-state index contributed by atoms with van der Waals surface area (Å²) < 4.78 is 4.78. The van der Waals surface area contributed by atoms with Gasteiger partial charge in [-0.25, -0.2) is 9.59 Å². The summed E-state index contributed by atoms with van der Waals surface area (Å²) in [6.07, 6.45) is 3.23. The lowest BCUT2D eigenvalue weighted by molar-refractivity contribution is 0.0603. The second-order valence-electron chi connectivity index (χ2n) is 4.94. The van der Waals surface area contributed by atoms with Crippen molar-refractivity contribution >= 4 is 34.3 Å². The standard InChI is InChI=1S/C15H15N5O3/c1-8-13(7-17-20-8)19-15(22)18-9-5-11(14(21)23-2)10-3-4-16-12(10)6-9/h3-7,16H,1-2H3,(H,17,20)(H2,18,19,22). The smallest absolute Gasteiger partial charge is 0.338 e. The van der Waals surface area contributed by atoms with Gasteiger partial charge >= 0.3 is 12.0 Å². The Kier molecular flexibility index (Phi) is 3.71. The summed E-state index contributed by atoms with van der Waals surface area (Å²) in [5.41, 5.74) is 2.90. The molecule has 0 aliphatic heterocycles. The van der Waals surface area contributed by atoms with Crippen molar-refractivity contribution in [2.24, 2.45) is 0 Å². The first-order chi connectivity index (χ1) is 11.1. The zero-order chi connectivity index (χ0) is 16.4. The van der Waals surface area contributed by atoms with Crippen molar-refractivity contribution in [3.8, 4) is 0 Å². The Morgan fingerprint density at radius 1 is 1.26 bits per heavy atom. The number of aryl methyl sites for hydroxylation is 1. The topological polar surface area (TPSA) is 112 Å². The molecular weight excluding hydrogens is 298 g/mol. The summed E-state index contributed by atoms with van der Waals surface area (Å²) in [5.74, 6) is -0.468. The summed E-state index contributed by atoms with van der Waals surface area (Å²) in [4.78, 5) is 27.0. The van der Waals surface area contributed by atoms with E-state index < -0.39 is 12.0 Å². The zero-order valence-electron chi connectivity index (χ0n) is 12.6. The van der Waals surface area contributed by atoms with Crippen LogP contribution in [-0.4, -0.2) is 34.3 Å². The van der Waals surface area contributed by atoms with E-state index in [0.29, 0.717) is 16.9 Å². The van der Waals surface area contributed by atoms with Gasteiger partial charge < -0.3 is 20.4 Å². The molecule has 3 aromatic rings. The highest BCUT2D eigenvalue weighted by molar-refractivity contribution is 6.07. The number of fused-ring (bicyclic) bond motifs is 1. The molecule has 0 saturated carbocycles. The number of hydrogen-bond acceptors (Lipinski definition) is 4. The molecule has 2 aromatic heterocycles. The molecule has 0 aliphatic rings. The lowest BCUT2D eigenvalue weighted by atomic mass is 10.1. The summed E-state index contributed by atoms with van der Waals surface area (Å²) in [6.45, 7) is 1.79. The van der Waals surface area contributed by atoms with E-state index in [1.54, 1.807) is 31.3 Å². The van der Waals surface area contributed by atoms with Crippen LogP contribution in [0.2, 0.25) is 0 Å². The highest BCUT2D eigenvalue weighted by atomic mass is 16.5. The molecule has 2 heterocycles. The van der Waals surface area contributed by atoms with E-state index in [1.165, 1.54) is 13.3 Å². The number of nitrogens with one attached hydrogen (secondary N) is 4. The lowest BCUT2D eigenvalue weighted by Gasteiger charge is -2.09. The normalized spacial score (nSPS) is 10.5. The molecule has 2 amide bonds. The molecule has 8 nitrogen and oxygen atoms in total. The molecule has 1 aromatic carbocycles. The van der Waals surface area contributed by atoms with Gasteiger partial charge in [0.15, 0.2) is 0 Å². The number of aromatic amines is 2. The average Bonchev–Trinajstić information content (AvgIpc) is 3.15. The van der Waals surface area contributed by atoms with Crippen LogP contribution in [0, 0.1) is 6.92 Å². The van der Waals surface area contributed by atoms with Crippen molar-refractivity contribution in [2.75, 3.05) is 17.7 Å². The summed E-state index contributed by atoms with van der Waals surface area (Å²) in [6, 6.07) is 4.66. The van der Waals surface area contributed by atoms with Crippen LogP contribution in [0.5, 0.6) is 0 Å². The predicted octanol–water partition coefficient (Wildman–Crippen LogP) is 2.63. The maximum atomic E-state index is 12.1. The molecule has 4 N–H and O–H groups in total. The number of H-pyrrole nitrogens is 2. The van der Waals surface area contributed by atoms with E-state index >= 15 is 0 Å². The highest BCUT2D eigenvalue weighted by Crippen LogP contribution is 2.24. The van der Waals surface area contributed by atoms with E-state index in [0.717, 1.165) is 16.6 Å². The molecule has 3 rings (SSSR count). The number of anilines is 2. The van der Waals surface area contributed by atoms with Crippen LogP contribution < -0.4 is 10.6 Å². The van der Waals surface area contributed by atoms with Gasteiger partial charge in [-0.05, 0) is 25.1 Å². The first-order valence-electron chi connectivity index (χ1n) is 6.86. The number of methoxy groups -OCH3 is 1. The number of amides is 2. The third kappa shape index (κ3) is 2.86. The van der Waals surface area contributed by atoms with Crippen molar-refractivity contribution in [1.29, 1.82) is 0 Å². The first kappa shape index (κ1) is 14.6. The Labute approximate surface area is 131 Å². The van der Waals surface area contributed by atoms with E-state index in [-0.39, 0.29) is 0 Å². The van der Waals surface area contributed by atoms with E-state index in [4.69, 9.17) is 4.74 Å². The number of esters is 1. The minimum absolute atomic E-state index is 0.376. The van der Waals surface area contributed by atoms with Crippen LogP contribution in [-0.2, 0) is 4.74 Å². The molecular formula is C15H15N5O3. The first-order valence-corrected chi connectivity index (χ1v) is 6.86. The molecule has 0 bridgehead atoms. The SMILES string of the molecule is COC(=O)c1cc(NC(=O)Nc2cn[nH]c2C)cc2[nH]ccc12. The highest BCUT2D eigenvalue weighted by Gasteiger charge is 2.14. The number of ether oxygens (including phenoxy) is 1. The van der Waals surface area contributed by atoms with Gasteiger partial charge in [0.05, 0.1) is 30.3 Å². The Bertz CT molecular complexity index is 880. The van der Waals surface area contributed by atoms with Crippen molar-refractivity contribution in [3.05, 3.63) is 41.9 Å². The molecule has 23 heavy (non-hydrogen) atoms. The zero-order valence-corrected chi connectivity index (χ0v) is 12.6. The third-order valence-corrected chi connectivity index (χ3v) is 3.41. The number of rotatable bonds is 3. The average molecular weight is 313 g/mol. The number of aromatic nitrogens is 3. The fraction of sp³-hybridized carbons (Fsp3) is 0.133. The van der Waals surface area contributed by atoms with Gasteiger partial charge in [0, 0.05) is 22.8 Å². The Balaban J connectivity index is 1.86. The van der Waals surface area contributed by atoms with E-state index in [9.17, 15) is 9.59 Å². The van der Waals surface area contributed by atoms with Crippen molar-refractivity contribution in [3.63, 3.8) is 0 Å². The molecule has 0 saturated heterocycles. The third-order valence-electron chi connectivity index (χ3n) is 3.41. The molecule has 0 fully saturated rings. The van der Waals surface area contributed by atoms with Crippen LogP contribution in [0.1, 0.15) is 16.1 Å². The second kappa shape index (κ2) is 5.84. The van der Waals surface area contributed by atoms with Gasteiger partial charge in [-0.15, -0.1) is 0 Å². The molecule has 0 aliphatic carbocycles. The molecule has 118 valence electrons. The maximum absolute atomic E-state index is 12.1. The molecule has 0 atom stereocenters. The number of nitrogens with zero attached hydrogens (tertiary/aromatic N) is 1. The fourth-order valence-electron chi connectivity index (χ4n) is 2.28. The van der Waals surface area contributed by atoms with E-state index in [2.05, 4.69) is 25.8 Å². The number of carbonyl (C=O) groups excluding carboxylic acids is 2. The summed E-state index contributed by atoms with van der Waals surface area (Å²) in [5, 5.41) is 12.7. The summed E-state index contributed by atoms with van der Waals surface area (Å²) in [7, 11) is 1.31. The Morgan fingerprint density at radius 2 is 2.09 bits per heavy atom. The number of benzene rings is 1. The van der Waals surface area contributed by atoms with Gasteiger partial charge in [0.25, 0.3) is 0 Å². The van der Waals surface area contributed by atoms with Crippen molar-refractivity contribution < 1.29 is 14.3 Å². The second-order valence-corrected chi connectivity index (χ2v) is 4.94. The predicted molar refractivity (Wildman–Crippen MR) is 85.6 cm³/mol. The molecule has 0 unspecified atom stereocenters. The monoisotopic (exact) mass is 313 g/mol.